The van der Waals surface area contributed by atoms with Crippen molar-refractivity contribution in [3.05, 3.63) is 83.4 Å². The van der Waals surface area contributed by atoms with Crippen LogP contribution in [0.2, 0.25) is 0 Å². The Bertz CT molecular complexity index is 651. The van der Waals surface area contributed by atoms with Crippen LogP contribution in [-0.2, 0) is 4.79 Å². The molecule has 0 aliphatic carbocycles. The largest absolute Gasteiger partial charge is 0.351 e. The molecule has 2 aromatic rings. The van der Waals surface area contributed by atoms with E-state index in [1.807, 2.05) is 25.1 Å². The zero-order valence-electron chi connectivity index (χ0n) is 16.8. The van der Waals surface area contributed by atoms with Crippen LogP contribution in [0.5, 0.6) is 0 Å². The highest BCUT2D eigenvalue weighted by atomic mass is 16.1. The van der Waals surface area contributed by atoms with Crippen LogP contribution in [0.3, 0.4) is 0 Å². The first-order chi connectivity index (χ1) is 13.3. The fourth-order valence-corrected chi connectivity index (χ4v) is 3.42. The quantitative estimate of drug-likeness (QED) is 0.371. The maximum Gasteiger partial charge on any atom is 0.246 e. The summed E-state index contributed by atoms with van der Waals surface area (Å²) in [6, 6.07) is 20.8. The number of nitrogens with one attached hydrogen (secondary N) is 1. The number of unbranched alkanes of at least 4 members (excludes halogenated alkanes) is 4. The number of benzene rings is 2. The van der Waals surface area contributed by atoms with Crippen molar-refractivity contribution in [3.8, 4) is 0 Å². The van der Waals surface area contributed by atoms with E-state index in [1.54, 1.807) is 0 Å². The van der Waals surface area contributed by atoms with Gasteiger partial charge in [-0.3, -0.25) is 4.79 Å². The predicted octanol–water partition coefficient (Wildman–Crippen LogP) is 6.24. The zero-order valence-corrected chi connectivity index (χ0v) is 16.8. The lowest BCUT2D eigenvalue weighted by atomic mass is 9.91. The van der Waals surface area contributed by atoms with Crippen LogP contribution in [0, 0.1) is 0 Å². The molecule has 0 heterocycles. The van der Waals surface area contributed by atoms with Crippen LogP contribution in [-0.4, -0.2) is 12.5 Å². The van der Waals surface area contributed by atoms with Gasteiger partial charge in [0.25, 0.3) is 0 Å². The molecule has 1 amide bonds. The summed E-state index contributed by atoms with van der Waals surface area (Å²) in [7, 11) is 0. The standard InChI is InChI=1S/C25H33NO/c1-3-5-6-7-10-15-21(4-2)25(27)26-20-24(22-16-11-8-12-17-22)23-18-13-9-14-19-23/h4,8-9,11-14,16-19,24H,3,5-7,10,15,20H2,1-2H3,(H,26,27). The van der Waals surface area contributed by atoms with Gasteiger partial charge in [0, 0.05) is 18.0 Å². The Morgan fingerprint density at radius 3 is 1.96 bits per heavy atom. The third kappa shape index (κ3) is 7.05. The monoisotopic (exact) mass is 363 g/mol. The summed E-state index contributed by atoms with van der Waals surface area (Å²) in [6.07, 6.45) is 8.93. The summed E-state index contributed by atoms with van der Waals surface area (Å²) in [5, 5.41) is 3.18. The van der Waals surface area contributed by atoms with E-state index in [-0.39, 0.29) is 11.8 Å². The lowest BCUT2D eigenvalue weighted by Crippen LogP contribution is -2.30. The van der Waals surface area contributed by atoms with Crippen molar-refractivity contribution in [3.63, 3.8) is 0 Å². The minimum atomic E-state index is 0.0739. The molecular formula is C25H33NO. The molecule has 2 heteroatoms. The molecule has 0 fully saturated rings. The summed E-state index contributed by atoms with van der Waals surface area (Å²) in [5.74, 6) is 0.240. The summed E-state index contributed by atoms with van der Waals surface area (Å²) < 4.78 is 0. The molecule has 0 saturated heterocycles. The maximum absolute atomic E-state index is 12.7. The van der Waals surface area contributed by atoms with Crippen LogP contribution in [0.4, 0.5) is 0 Å². The van der Waals surface area contributed by atoms with Crippen LogP contribution in [0.25, 0.3) is 0 Å². The van der Waals surface area contributed by atoms with Gasteiger partial charge < -0.3 is 5.32 Å². The SMILES string of the molecule is CC=C(CCCCCCC)C(=O)NCC(c1ccccc1)c1ccccc1. The molecule has 2 nitrogen and oxygen atoms in total. The van der Waals surface area contributed by atoms with Crippen molar-refractivity contribution in [2.75, 3.05) is 6.54 Å². The van der Waals surface area contributed by atoms with Gasteiger partial charge in [-0.25, -0.2) is 0 Å². The topological polar surface area (TPSA) is 29.1 Å². The maximum atomic E-state index is 12.7. The molecule has 0 radical (unpaired) electrons. The Hall–Kier alpha value is -2.35. The number of rotatable bonds is 11. The van der Waals surface area contributed by atoms with E-state index in [0.717, 1.165) is 18.4 Å². The predicted molar refractivity (Wildman–Crippen MR) is 115 cm³/mol. The number of carbonyl (C=O) groups excluding carboxylic acids is 1. The molecule has 0 spiro atoms. The Balaban J connectivity index is 1.96. The number of amides is 1. The van der Waals surface area contributed by atoms with Crippen molar-refractivity contribution in [2.24, 2.45) is 0 Å². The van der Waals surface area contributed by atoms with Gasteiger partial charge in [0.05, 0.1) is 0 Å². The van der Waals surface area contributed by atoms with Gasteiger partial charge in [0.1, 0.15) is 0 Å². The van der Waals surface area contributed by atoms with Crippen molar-refractivity contribution < 1.29 is 4.79 Å². The average Bonchev–Trinajstić information content (AvgIpc) is 2.72. The van der Waals surface area contributed by atoms with Gasteiger partial charge in [-0.05, 0) is 30.9 Å². The first-order valence-corrected chi connectivity index (χ1v) is 10.3. The van der Waals surface area contributed by atoms with Gasteiger partial charge in [0.15, 0.2) is 0 Å². The molecular weight excluding hydrogens is 330 g/mol. The molecule has 0 aliphatic rings. The van der Waals surface area contributed by atoms with Crippen LogP contribution in [0.15, 0.2) is 72.3 Å². The van der Waals surface area contributed by atoms with E-state index >= 15 is 0 Å². The molecule has 27 heavy (non-hydrogen) atoms. The molecule has 1 N–H and O–H groups in total. The summed E-state index contributed by atoms with van der Waals surface area (Å²) in [4.78, 5) is 12.7. The minimum absolute atomic E-state index is 0.0739. The van der Waals surface area contributed by atoms with Crippen molar-refractivity contribution in [1.29, 1.82) is 0 Å². The highest BCUT2D eigenvalue weighted by molar-refractivity contribution is 5.93. The number of allylic oxidation sites excluding steroid dienone is 1. The van der Waals surface area contributed by atoms with Gasteiger partial charge in [-0.2, -0.15) is 0 Å². The first-order valence-electron chi connectivity index (χ1n) is 10.3. The van der Waals surface area contributed by atoms with E-state index in [2.05, 4.69) is 60.8 Å². The van der Waals surface area contributed by atoms with Crippen LogP contribution < -0.4 is 5.32 Å². The number of carbonyl (C=O) groups is 1. The molecule has 0 aromatic heterocycles. The molecule has 144 valence electrons. The molecule has 0 saturated carbocycles. The molecule has 0 atom stereocenters. The fourth-order valence-electron chi connectivity index (χ4n) is 3.42. The lowest BCUT2D eigenvalue weighted by molar-refractivity contribution is -0.117. The smallest absolute Gasteiger partial charge is 0.246 e. The van der Waals surface area contributed by atoms with Crippen molar-refractivity contribution in [1.82, 2.24) is 5.32 Å². The Labute approximate surface area is 164 Å². The number of hydrogen-bond acceptors (Lipinski definition) is 1. The van der Waals surface area contributed by atoms with Crippen molar-refractivity contribution >= 4 is 5.91 Å². The van der Waals surface area contributed by atoms with Gasteiger partial charge in [-0.1, -0.05) is 99.3 Å². The second-order valence-corrected chi connectivity index (χ2v) is 7.06. The third-order valence-electron chi connectivity index (χ3n) is 5.06. The fraction of sp³-hybridized carbons (Fsp3) is 0.400. The molecule has 0 bridgehead atoms. The van der Waals surface area contributed by atoms with Gasteiger partial charge >= 0.3 is 0 Å². The number of hydrogen-bond donors (Lipinski definition) is 1. The third-order valence-corrected chi connectivity index (χ3v) is 5.06. The molecule has 2 rings (SSSR count). The van der Waals surface area contributed by atoms with Gasteiger partial charge in [-0.15, -0.1) is 0 Å². The van der Waals surface area contributed by atoms with Crippen molar-refractivity contribution in [2.45, 2.75) is 58.3 Å². The average molecular weight is 364 g/mol. The summed E-state index contributed by atoms with van der Waals surface area (Å²) in [5.41, 5.74) is 3.36. The summed E-state index contributed by atoms with van der Waals surface area (Å²) >= 11 is 0. The normalized spacial score (nSPS) is 11.6. The van der Waals surface area contributed by atoms with E-state index in [9.17, 15) is 4.79 Å². The van der Waals surface area contributed by atoms with Gasteiger partial charge in [0.2, 0.25) is 5.91 Å². The van der Waals surface area contributed by atoms with E-state index in [1.165, 1.54) is 36.8 Å². The highest BCUT2D eigenvalue weighted by Gasteiger charge is 2.16. The van der Waals surface area contributed by atoms with E-state index in [0.29, 0.717) is 6.54 Å². The Kier molecular flexibility index (Phi) is 9.40. The molecule has 2 aromatic carbocycles. The molecule has 0 aliphatic heterocycles. The first kappa shape index (κ1) is 21.0. The Morgan fingerprint density at radius 1 is 0.889 bits per heavy atom. The summed E-state index contributed by atoms with van der Waals surface area (Å²) in [6.45, 7) is 4.80. The molecule has 0 unspecified atom stereocenters. The lowest BCUT2D eigenvalue weighted by Gasteiger charge is -2.19. The minimum Gasteiger partial charge on any atom is -0.351 e. The van der Waals surface area contributed by atoms with Crippen LogP contribution in [0.1, 0.15) is 69.4 Å². The second-order valence-electron chi connectivity index (χ2n) is 7.06. The highest BCUT2D eigenvalue weighted by Crippen LogP contribution is 2.24. The second kappa shape index (κ2) is 12.1. The van der Waals surface area contributed by atoms with Crippen LogP contribution >= 0.6 is 0 Å². The van der Waals surface area contributed by atoms with E-state index in [4.69, 9.17) is 0 Å². The zero-order chi connectivity index (χ0) is 19.3. The van der Waals surface area contributed by atoms with E-state index < -0.39 is 0 Å². The Morgan fingerprint density at radius 2 is 1.44 bits per heavy atom.